The van der Waals surface area contributed by atoms with Gasteiger partial charge in [0.25, 0.3) is 0 Å². The normalized spacial score (nSPS) is 22.1. The second-order valence-electron chi connectivity index (χ2n) is 6.87. The van der Waals surface area contributed by atoms with Gasteiger partial charge in [-0.2, -0.15) is 0 Å². The van der Waals surface area contributed by atoms with E-state index in [0.717, 1.165) is 44.1 Å². The minimum atomic E-state index is -0.191. The van der Waals surface area contributed by atoms with E-state index in [9.17, 15) is 10.2 Å². The summed E-state index contributed by atoms with van der Waals surface area (Å²) in [6.45, 7) is 5.85. The molecule has 2 nitrogen and oxygen atoms in total. The Morgan fingerprint density at radius 1 is 1.30 bits per heavy atom. The van der Waals surface area contributed by atoms with Crippen LogP contribution in [0.15, 0.2) is 35.9 Å². The van der Waals surface area contributed by atoms with Crippen molar-refractivity contribution in [2.45, 2.75) is 65.2 Å². The molecule has 2 rings (SSSR count). The molecule has 0 saturated heterocycles. The molecule has 1 aliphatic carbocycles. The predicted molar refractivity (Wildman–Crippen MR) is 97.0 cm³/mol. The molecular formula is C21H30O2. The zero-order valence-corrected chi connectivity index (χ0v) is 14.5. The lowest BCUT2D eigenvalue weighted by Crippen LogP contribution is -2.17. The molecule has 0 aliphatic heterocycles. The van der Waals surface area contributed by atoms with Crippen molar-refractivity contribution >= 4 is 0 Å². The summed E-state index contributed by atoms with van der Waals surface area (Å²) in [4.78, 5) is 0. The summed E-state index contributed by atoms with van der Waals surface area (Å²) < 4.78 is 15.3. The molecule has 0 amide bonds. The van der Waals surface area contributed by atoms with Crippen LogP contribution < -0.4 is 0 Å². The molecule has 1 aliphatic rings. The van der Waals surface area contributed by atoms with Gasteiger partial charge < -0.3 is 10.2 Å². The van der Waals surface area contributed by atoms with E-state index >= 15 is 0 Å². The SMILES string of the molecule is [2H]C([2H])=C(C)C1CCC(C)=CC1c1c(O)cc(CCCCC)cc1O. The van der Waals surface area contributed by atoms with Crippen molar-refractivity contribution in [3.05, 3.63) is 47.0 Å². The van der Waals surface area contributed by atoms with Gasteiger partial charge in [-0.15, -0.1) is 0 Å². The molecule has 0 saturated carbocycles. The number of phenolic OH excluding ortho intramolecular Hbond substituents is 2. The first-order chi connectivity index (χ1) is 11.8. The fourth-order valence-electron chi connectivity index (χ4n) is 3.58. The van der Waals surface area contributed by atoms with Crippen LogP contribution in [0.1, 0.15) is 72.7 Å². The van der Waals surface area contributed by atoms with E-state index in [0.29, 0.717) is 11.1 Å². The third-order valence-electron chi connectivity index (χ3n) is 4.90. The van der Waals surface area contributed by atoms with E-state index in [4.69, 9.17) is 2.74 Å². The second-order valence-corrected chi connectivity index (χ2v) is 6.87. The average Bonchev–Trinajstić information content (AvgIpc) is 2.54. The number of rotatable bonds is 6. The fraction of sp³-hybridized carbons (Fsp3) is 0.524. The van der Waals surface area contributed by atoms with Crippen LogP contribution in [0.25, 0.3) is 0 Å². The molecule has 0 radical (unpaired) electrons. The van der Waals surface area contributed by atoms with Crippen molar-refractivity contribution < 1.29 is 13.0 Å². The number of aromatic hydroxyl groups is 2. The molecule has 23 heavy (non-hydrogen) atoms. The van der Waals surface area contributed by atoms with E-state index in [1.807, 2.05) is 6.92 Å². The van der Waals surface area contributed by atoms with E-state index < -0.39 is 0 Å². The minimum absolute atomic E-state index is 0.0311. The Kier molecular flexibility index (Phi) is 4.99. The number of hydrogen-bond donors (Lipinski definition) is 2. The molecule has 2 heteroatoms. The number of benzene rings is 1. The zero-order valence-electron chi connectivity index (χ0n) is 16.5. The molecule has 126 valence electrons. The first kappa shape index (κ1) is 14.9. The highest BCUT2D eigenvalue weighted by molar-refractivity contribution is 5.51. The monoisotopic (exact) mass is 316 g/mol. The van der Waals surface area contributed by atoms with Gasteiger partial charge in [0.05, 0.1) is 2.74 Å². The van der Waals surface area contributed by atoms with Crippen LogP contribution in [0.5, 0.6) is 11.5 Å². The van der Waals surface area contributed by atoms with E-state index in [2.05, 4.69) is 19.9 Å². The standard InChI is InChI=1S/C21H30O2/c1-5-6-7-8-16-12-19(22)21(20(23)13-16)18-11-15(4)9-10-17(18)14(2)3/h11-13,17-18,22-23H,2,5-10H2,1,3-4H3/i2D2. The molecular weight excluding hydrogens is 284 g/mol. The molecule has 1 aromatic rings. The lowest BCUT2D eigenvalue weighted by Gasteiger charge is -2.31. The number of phenols is 2. The number of aryl methyl sites for hydroxylation is 1. The van der Waals surface area contributed by atoms with Crippen LogP contribution >= 0.6 is 0 Å². The summed E-state index contributed by atoms with van der Waals surface area (Å²) in [5.74, 6) is 0.0223. The molecule has 0 bridgehead atoms. The first-order valence-electron chi connectivity index (χ1n) is 9.71. The maximum Gasteiger partial charge on any atom is 0.123 e. The number of hydrogen-bond acceptors (Lipinski definition) is 2. The summed E-state index contributed by atoms with van der Waals surface area (Å²) in [6.07, 6.45) is 7.99. The Morgan fingerprint density at radius 3 is 2.61 bits per heavy atom. The Bertz CT molecular complexity index is 649. The van der Waals surface area contributed by atoms with Gasteiger partial charge in [-0.1, -0.05) is 43.5 Å². The highest BCUT2D eigenvalue weighted by atomic mass is 16.3. The molecule has 0 heterocycles. The van der Waals surface area contributed by atoms with Crippen LogP contribution in [-0.4, -0.2) is 10.2 Å². The van der Waals surface area contributed by atoms with Crippen molar-refractivity contribution in [1.82, 2.24) is 0 Å². The van der Waals surface area contributed by atoms with Gasteiger partial charge >= 0.3 is 0 Å². The van der Waals surface area contributed by atoms with Crippen LogP contribution in [-0.2, 0) is 6.42 Å². The van der Waals surface area contributed by atoms with Gasteiger partial charge in [0.1, 0.15) is 11.5 Å². The zero-order chi connectivity index (χ0) is 18.6. The average molecular weight is 316 g/mol. The Morgan fingerprint density at radius 2 is 2.00 bits per heavy atom. The summed E-state index contributed by atoms with van der Waals surface area (Å²) >= 11 is 0. The smallest absolute Gasteiger partial charge is 0.123 e. The van der Waals surface area contributed by atoms with Crippen LogP contribution in [0.3, 0.4) is 0 Å². The number of allylic oxidation sites excluding steroid dienone is 3. The summed E-state index contributed by atoms with van der Waals surface area (Å²) in [7, 11) is 0. The molecule has 0 fully saturated rings. The van der Waals surface area contributed by atoms with Crippen molar-refractivity contribution in [2.24, 2.45) is 5.92 Å². The van der Waals surface area contributed by atoms with Gasteiger partial charge in [0.2, 0.25) is 0 Å². The van der Waals surface area contributed by atoms with E-state index in [1.165, 1.54) is 5.57 Å². The maximum absolute atomic E-state index is 10.6. The summed E-state index contributed by atoms with van der Waals surface area (Å²) in [6, 6.07) is 3.53. The van der Waals surface area contributed by atoms with E-state index in [1.54, 1.807) is 12.1 Å². The first-order valence-corrected chi connectivity index (χ1v) is 8.71. The summed E-state index contributed by atoms with van der Waals surface area (Å²) in [5.41, 5.74) is 3.41. The lowest BCUT2D eigenvalue weighted by molar-refractivity contribution is 0.406. The predicted octanol–water partition coefficient (Wildman–Crippen LogP) is 5.85. The van der Waals surface area contributed by atoms with Crippen molar-refractivity contribution in [3.63, 3.8) is 0 Å². The Balaban J connectivity index is 2.40. The van der Waals surface area contributed by atoms with Gasteiger partial charge in [0, 0.05) is 11.5 Å². The molecule has 2 atom stereocenters. The summed E-state index contributed by atoms with van der Waals surface area (Å²) in [5, 5.41) is 21.2. The largest absolute Gasteiger partial charge is 0.507 e. The highest BCUT2D eigenvalue weighted by Gasteiger charge is 2.29. The van der Waals surface area contributed by atoms with Crippen LogP contribution in [0, 0.1) is 5.92 Å². The van der Waals surface area contributed by atoms with Crippen molar-refractivity contribution in [2.75, 3.05) is 0 Å². The Hall–Kier alpha value is -1.70. The van der Waals surface area contributed by atoms with Gasteiger partial charge in [-0.25, -0.2) is 0 Å². The molecule has 2 unspecified atom stereocenters. The minimum Gasteiger partial charge on any atom is -0.507 e. The van der Waals surface area contributed by atoms with Gasteiger partial charge in [-0.3, -0.25) is 0 Å². The lowest BCUT2D eigenvalue weighted by atomic mass is 9.73. The molecule has 0 aromatic heterocycles. The molecule has 0 spiro atoms. The second kappa shape index (κ2) is 7.72. The fourth-order valence-corrected chi connectivity index (χ4v) is 3.58. The van der Waals surface area contributed by atoms with E-state index in [-0.39, 0.29) is 29.9 Å². The van der Waals surface area contributed by atoms with Crippen molar-refractivity contribution in [1.29, 1.82) is 0 Å². The quantitative estimate of drug-likeness (QED) is 0.511. The maximum atomic E-state index is 10.6. The molecule has 2 N–H and O–H groups in total. The third kappa shape index (κ3) is 4.19. The highest BCUT2D eigenvalue weighted by Crippen LogP contribution is 2.46. The number of unbranched alkanes of at least 4 members (excludes halogenated alkanes) is 2. The topological polar surface area (TPSA) is 40.5 Å². The van der Waals surface area contributed by atoms with Crippen LogP contribution in [0.2, 0.25) is 0 Å². The van der Waals surface area contributed by atoms with Gasteiger partial charge in [0.15, 0.2) is 0 Å². The molecule has 1 aromatic carbocycles. The Labute approximate surface area is 143 Å². The van der Waals surface area contributed by atoms with Crippen LogP contribution in [0.4, 0.5) is 0 Å². The van der Waals surface area contributed by atoms with Crippen molar-refractivity contribution in [3.8, 4) is 11.5 Å². The third-order valence-corrected chi connectivity index (χ3v) is 4.90. The van der Waals surface area contributed by atoms with Gasteiger partial charge in [-0.05, 0) is 63.1 Å².